The highest BCUT2D eigenvalue weighted by Gasteiger charge is 2.05. The van der Waals surface area contributed by atoms with Gasteiger partial charge in [0.15, 0.2) is 0 Å². The lowest BCUT2D eigenvalue weighted by Gasteiger charge is -2.20. The Morgan fingerprint density at radius 3 is 2.56 bits per heavy atom. The fourth-order valence-electron chi connectivity index (χ4n) is 1.63. The first-order valence-electron chi connectivity index (χ1n) is 5.81. The van der Waals surface area contributed by atoms with Crippen molar-refractivity contribution in [1.82, 2.24) is 0 Å². The molecule has 0 unspecified atom stereocenters. The molecule has 0 amide bonds. The number of benzene rings is 1. The van der Waals surface area contributed by atoms with Gasteiger partial charge in [-0.2, -0.15) is 0 Å². The van der Waals surface area contributed by atoms with E-state index in [0.29, 0.717) is 0 Å². The number of nitrogens with two attached hydrogens (primary N) is 1. The molecular weight excluding hydrogens is 200 g/mol. The smallest absolute Gasteiger partial charge is 0.123 e. The number of nitrogens with zero attached hydrogens (tertiary/aromatic N) is 1. The molecule has 0 heterocycles. The van der Waals surface area contributed by atoms with E-state index >= 15 is 0 Å². The van der Waals surface area contributed by atoms with Gasteiger partial charge >= 0.3 is 0 Å². The third kappa shape index (κ3) is 3.65. The van der Waals surface area contributed by atoms with E-state index < -0.39 is 0 Å². The Hall–Kier alpha value is -1.38. The van der Waals surface area contributed by atoms with E-state index in [-0.39, 0.29) is 6.10 Å². The second-order valence-corrected chi connectivity index (χ2v) is 4.35. The molecule has 3 heteroatoms. The average Bonchev–Trinajstić information content (AvgIpc) is 2.15. The number of rotatable bonds is 5. The molecule has 1 aromatic carbocycles. The molecular formula is C13H22N2O. The number of hydrogen-bond donors (Lipinski definition) is 1. The molecule has 0 aliphatic heterocycles. The maximum absolute atomic E-state index is 5.86. The molecule has 16 heavy (non-hydrogen) atoms. The lowest BCUT2D eigenvalue weighted by molar-refractivity contribution is 0.242. The fraction of sp³-hybridized carbons (Fsp3) is 0.538. The third-order valence-electron chi connectivity index (χ3n) is 2.29. The van der Waals surface area contributed by atoms with E-state index in [9.17, 15) is 0 Å². The number of nitrogen functional groups attached to an aromatic ring is 1. The van der Waals surface area contributed by atoms with E-state index in [1.54, 1.807) is 0 Å². The Balaban J connectivity index is 2.89. The minimum Gasteiger partial charge on any atom is -0.491 e. The second-order valence-electron chi connectivity index (χ2n) is 4.35. The molecule has 0 spiro atoms. The van der Waals surface area contributed by atoms with Gasteiger partial charge in [-0.05, 0) is 26.3 Å². The Morgan fingerprint density at radius 2 is 2.00 bits per heavy atom. The van der Waals surface area contributed by atoms with Gasteiger partial charge in [0, 0.05) is 37.1 Å². The van der Waals surface area contributed by atoms with E-state index in [4.69, 9.17) is 10.5 Å². The van der Waals surface area contributed by atoms with Crippen LogP contribution in [0.1, 0.15) is 27.2 Å². The van der Waals surface area contributed by atoms with Crippen molar-refractivity contribution < 1.29 is 4.74 Å². The number of hydrogen-bond acceptors (Lipinski definition) is 3. The van der Waals surface area contributed by atoms with Gasteiger partial charge in [0.1, 0.15) is 5.75 Å². The number of anilines is 2. The summed E-state index contributed by atoms with van der Waals surface area (Å²) < 4.78 is 5.66. The molecule has 0 saturated heterocycles. The summed E-state index contributed by atoms with van der Waals surface area (Å²) in [5.41, 5.74) is 7.72. The van der Waals surface area contributed by atoms with Crippen LogP contribution < -0.4 is 15.4 Å². The molecule has 2 N–H and O–H groups in total. The minimum absolute atomic E-state index is 0.172. The van der Waals surface area contributed by atoms with Gasteiger partial charge in [-0.25, -0.2) is 0 Å². The Bertz CT molecular complexity index is 337. The molecule has 0 aromatic heterocycles. The third-order valence-corrected chi connectivity index (χ3v) is 2.29. The highest BCUT2D eigenvalue weighted by molar-refractivity contribution is 5.60. The van der Waals surface area contributed by atoms with Crippen molar-refractivity contribution in [2.24, 2.45) is 0 Å². The Morgan fingerprint density at radius 1 is 1.31 bits per heavy atom. The highest BCUT2D eigenvalue weighted by Crippen LogP contribution is 2.25. The summed E-state index contributed by atoms with van der Waals surface area (Å²) in [7, 11) is 2.07. The molecule has 0 atom stereocenters. The SMILES string of the molecule is CCCN(C)c1cc(N)cc(OC(C)C)c1. The van der Waals surface area contributed by atoms with Crippen LogP contribution in [-0.2, 0) is 0 Å². The van der Waals surface area contributed by atoms with Crippen molar-refractivity contribution in [1.29, 1.82) is 0 Å². The zero-order chi connectivity index (χ0) is 12.1. The molecule has 0 radical (unpaired) electrons. The molecule has 1 aromatic rings. The van der Waals surface area contributed by atoms with Gasteiger partial charge in [0.25, 0.3) is 0 Å². The molecule has 0 aliphatic carbocycles. The summed E-state index contributed by atoms with van der Waals surface area (Å²) in [5.74, 6) is 0.841. The van der Waals surface area contributed by atoms with Crippen molar-refractivity contribution in [3.05, 3.63) is 18.2 Å². The average molecular weight is 222 g/mol. The van der Waals surface area contributed by atoms with Crippen LogP contribution in [0.15, 0.2) is 18.2 Å². The molecule has 0 bridgehead atoms. The van der Waals surface area contributed by atoms with Crippen LogP contribution in [0.5, 0.6) is 5.75 Å². The summed E-state index contributed by atoms with van der Waals surface area (Å²) in [6.07, 6.45) is 1.29. The lowest BCUT2D eigenvalue weighted by atomic mass is 10.2. The van der Waals surface area contributed by atoms with Crippen molar-refractivity contribution in [3.8, 4) is 5.75 Å². The molecule has 0 fully saturated rings. The first-order valence-corrected chi connectivity index (χ1v) is 5.81. The van der Waals surface area contributed by atoms with E-state index in [2.05, 4.69) is 18.9 Å². The van der Waals surface area contributed by atoms with Crippen molar-refractivity contribution in [3.63, 3.8) is 0 Å². The summed E-state index contributed by atoms with van der Waals surface area (Å²) in [5, 5.41) is 0. The van der Waals surface area contributed by atoms with Crippen molar-refractivity contribution in [2.45, 2.75) is 33.3 Å². The van der Waals surface area contributed by atoms with Gasteiger partial charge in [0.05, 0.1) is 6.10 Å². The lowest BCUT2D eigenvalue weighted by Crippen LogP contribution is -2.18. The van der Waals surface area contributed by atoms with Gasteiger partial charge in [-0.1, -0.05) is 6.92 Å². The van der Waals surface area contributed by atoms with E-state index in [0.717, 1.165) is 30.1 Å². The van der Waals surface area contributed by atoms with Crippen LogP contribution in [0.4, 0.5) is 11.4 Å². The summed E-state index contributed by atoms with van der Waals surface area (Å²) in [6, 6.07) is 5.87. The predicted molar refractivity (Wildman–Crippen MR) is 70.2 cm³/mol. The highest BCUT2D eigenvalue weighted by atomic mass is 16.5. The normalized spacial score (nSPS) is 10.6. The maximum Gasteiger partial charge on any atom is 0.123 e. The fourth-order valence-corrected chi connectivity index (χ4v) is 1.63. The van der Waals surface area contributed by atoms with Gasteiger partial charge in [0.2, 0.25) is 0 Å². The van der Waals surface area contributed by atoms with E-state index in [1.165, 1.54) is 0 Å². The molecule has 3 nitrogen and oxygen atoms in total. The van der Waals surface area contributed by atoms with Gasteiger partial charge in [-0.15, -0.1) is 0 Å². The number of ether oxygens (including phenoxy) is 1. The first-order chi connectivity index (χ1) is 7.52. The summed E-state index contributed by atoms with van der Waals surface area (Å²) >= 11 is 0. The molecule has 0 saturated carbocycles. The zero-order valence-electron chi connectivity index (χ0n) is 10.7. The van der Waals surface area contributed by atoms with Crippen LogP contribution in [0.3, 0.4) is 0 Å². The monoisotopic (exact) mass is 222 g/mol. The van der Waals surface area contributed by atoms with Crippen LogP contribution in [0, 0.1) is 0 Å². The second kappa shape index (κ2) is 5.64. The van der Waals surface area contributed by atoms with Crippen molar-refractivity contribution in [2.75, 3.05) is 24.2 Å². The molecule has 90 valence electrons. The molecule has 0 aliphatic rings. The van der Waals surface area contributed by atoms with Crippen LogP contribution in [0.25, 0.3) is 0 Å². The van der Waals surface area contributed by atoms with Crippen LogP contribution in [0.2, 0.25) is 0 Å². The quantitative estimate of drug-likeness (QED) is 0.778. The van der Waals surface area contributed by atoms with Gasteiger partial charge in [-0.3, -0.25) is 0 Å². The molecule has 1 rings (SSSR count). The standard InChI is InChI=1S/C13H22N2O/c1-5-6-15(4)12-7-11(14)8-13(9-12)16-10(2)3/h7-10H,5-6,14H2,1-4H3. The van der Waals surface area contributed by atoms with Crippen LogP contribution >= 0.6 is 0 Å². The summed E-state index contributed by atoms with van der Waals surface area (Å²) in [6.45, 7) is 7.20. The van der Waals surface area contributed by atoms with E-state index in [1.807, 2.05) is 32.0 Å². The first kappa shape index (κ1) is 12.7. The Kier molecular flexibility index (Phi) is 4.47. The van der Waals surface area contributed by atoms with Crippen LogP contribution in [-0.4, -0.2) is 19.7 Å². The maximum atomic E-state index is 5.86. The topological polar surface area (TPSA) is 38.5 Å². The Labute approximate surface area is 98.2 Å². The largest absolute Gasteiger partial charge is 0.491 e. The zero-order valence-corrected chi connectivity index (χ0v) is 10.7. The predicted octanol–water partition coefficient (Wildman–Crippen LogP) is 2.90. The minimum atomic E-state index is 0.172. The van der Waals surface area contributed by atoms with Gasteiger partial charge < -0.3 is 15.4 Å². The van der Waals surface area contributed by atoms with Crippen molar-refractivity contribution >= 4 is 11.4 Å². The summed E-state index contributed by atoms with van der Waals surface area (Å²) in [4.78, 5) is 2.18.